The maximum atomic E-state index is 11.8. The Morgan fingerprint density at radius 3 is 2.53 bits per heavy atom. The van der Waals surface area contributed by atoms with Crippen LogP contribution in [0.1, 0.15) is 12.5 Å². The number of hydrogen-bond acceptors (Lipinski definition) is 2. The molecule has 0 fully saturated rings. The summed E-state index contributed by atoms with van der Waals surface area (Å²) in [6.07, 6.45) is 0. The van der Waals surface area contributed by atoms with Crippen LogP contribution in [-0.2, 0) is 4.79 Å². The molecule has 0 saturated heterocycles. The Balaban J connectivity index is 2.89. The third kappa shape index (κ3) is 3.46. The van der Waals surface area contributed by atoms with Gasteiger partial charge in [0.15, 0.2) is 0 Å². The van der Waals surface area contributed by atoms with Crippen molar-refractivity contribution in [1.29, 1.82) is 0 Å². The van der Waals surface area contributed by atoms with Crippen molar-refractivity contribution >= 4 is 29.2 Å². The number of para-hydroxylation sites is 1. The SMILES string of the molecule is CCN(C(=O)NC(=O)CCl)c1ccccc1C. The lowest BCUT2D eigenvalue weighted by atomic mass is 10.2. The summed E-state index contributed by atoms with van der Waals surface area (Å²) >= 11 is 5.34. The average Bonchev–Trinajstić information content (AvgIpc) is 2.32. The minimum absolute atomic E-state index is 0.225. The first-order valence-corrected chi connectivity index (χ1v) is 5.86. The number of rotatable bonds is 3. The number of hydrogen-bond donors (Lipinski definition) is 1. The molecular weight excluding hydrogens is 240 g/mol. The van der Waals surface area contributed by atoms with E-state index in [2.05, 4.69) is 5.32 Å². The monoisotopic (exact) mass is 254 g/mol. The highest BCUT2D eigenvalue weighted by Crippen LogP contribution is 2.18. The van der Waals surface area contributed by atoms with Crippen molar-refractivity contribution in [3.05, 3.63) is 29.8 Å². The van der Waals surface area contributed by atoms with E-state index in [1.807, 2.05) is 38.1 Å². The van der Waals surface area contributed by atoms with Gasteiger partial charge in [-0.25, -0.2) is 4.79 Å². The van der Waals surface area contributed by atoms with E-state index < -0.39 is 11.9 Å². The molecule has 0 aliphatic carbocycles. The van der Waals surface area contributed by atoms with Crippen molar-refractivity contribution in [1.82, 2.24) is 5.32 Å². The average molecular weight is 255 g/mol. The highest BCUT2D eigenvalue weighted by atomic mass is 35.5. The van der Waals surface area contributed by atoms with E-state index in [1.54, 1.807) is 0 Å². The van der Waals surface area contributed by atoms with Crippen LogP contribution >= 0.6 is 11.6 Å². The van der Waals surface area contributed by atoms with Gasteiger partial charge in [-0.05, 0) is 25.5 Å². The van der Waals surface area contributed by atoms with Gasteiger partial charge in [0.1, 0.15) is 5.88 Å². The molecule has 0 saturated carbocycles. The number of benzene rings is 1. The number of nitrogens with one attached hydrogen (secondary N) is 1. The Bertz CT molecular complexity index is 421. The molecule has 1 aromatic carbocycles. The number of carbonyl (C=O) groups excluding carboxylic acids is 2. The maximum absolute atomic E-state index is 11.8. The molecule has 0 aliphatic rings. The van der Waals surface area contributed by atoms with Crippen LogP contribution in [0.15, 0.2) is 24.3 Å². The highest BCUT2D eigenvalue weighted by molar-refractivity contribution is 6.28. The van der Waals surface area contributed by atoms with Crippen molar-refractivity contribution in [3.8, 4) is 0 Å². The van der Waals surface area contributed by atoms with Gasteiger partial charge in [-0.3, -0.25) is 15.0 Å². The molecule has 5 heteroatoms. The largest absolute Gasteiger partial charge is 0.328 e. The first kappa shape index (κ1) is 13.5. The quantitative estimate of drug-likeness (QED) is 0.842. The summed E-state index contributed by atoms with van der Waals surface area (Å²) in [7, 11) is 0. The number of amides is 3. The number of anilines is 1. The Morgan fingerprint density at radius 1 is 1.35 bits per heavy atom. The summed E-state index contributed by atoms with van der Waals surface area (Å²) in [5, 5.41) is 2.22. The van der Waals surface area contributed by atoms with Crippen molar-refractivity contribution in [2.24, 2.45) is 0 Å². The zero-order valence-electron chi connectivity index (χ0n) is 9.87. The lowest BCUT2D eigenvalue weighted by Gasteiger charge is -2.22. The lowest BCUT2D eigenvalue weighted by molar-refractivity contribution is -0.117. The van der Waals surface area contributed by atoms with Crippen LogP contribution in [-0.4, -0.2) is 24.4 Å². The molecule has 1 aromatic rings. The first-order chi connectivity index (χ1) is 8.10. The number of imide groups is 1. The van der Waals surface area contributed by atoms with Crippen molar-refractivity contribution < 1.29 is 9.59 Å². The summed E-state index contributed by atoms with van der Waals surface area (Å²) in [5.74, 6) is -0.722. The number of alkyl halides is 1. The first-order valence-electron chi connectivity index (χ1n) is 5.33. The van der Waals surface area contributed by atoms with E-state index in [0.717, 1.165) is 11.3 Å². The van der Waals surface area contributed by atoms with Crippen molar-refractivity contribution in [2.75, 3.05) is 17.3 Å². The minimum Gasteiger partial charge on any atom is -0.294 e. The van der Waals surface area contributed by atoms with Gasteiger partial charge in [-0.2, -0.15) is 0 Å². The molecule has 0 atom stereocenters. The number of urea groups is 1. The standard InChI is InChI=1S/C12H15ClN2O2/c1-3-15(12(17)14-11(16)8-13)10-7-5-4-6-9(10)2/h4-7H,3,8H2,1-2H3,(H,14,16,17). The molecule has 4 nitrogen and oxygen atoms in total. The van der Waals surface area contributed by atoms with E-state index in [9.17, 15) is 9.59 Å². The van der Waals surface area contributed by atoms with Crippen LogP contribution in [0, 0.1) is 6.92 Å². The van der Waals surface area contributed by atoms with Crippen LogP contribution in [0.3, 0.4) is 0 Å². The van der Waals surface area contributed by atoms with Gasteiger partial charge in [-0.15, -0.1) is 11.6 Å². The molecule has 0 aromatic heterocycles. The Labute approximate surface area is 106 Å². The smallest absolute Gasteiger partial charge is 0.294 e. The molecule has 3 amide bonds. The zero-order valence-corrected chi connectivity index (χ0v) is 10.6. The fraction of sp³-hybridized carbons (Fsp3) is 0.333. The fourth-order valence-electron chi connectivity index (χ4n) is 1.51. The van der Waals surface area contributed by atoms with E-state index >= 15 is 0 Å². The second-order valence-corrected chi connectivity index (χ2v) is 3.78. The van der Waals surface area contributed by atoms with Crippen molar-refractivity contribution in [3.63, 3.8) is 0 Å². The van der Waals surface area contributed by atoms with Gasteiger partial charge in [0.05, 0.1) is 0 Å². The van der Waals surface area contributed by atoms with Crippen LogP contribution in [0.5, 0.6) is 0 Å². The molecule has 1 N–H and O–H groups in total. The van der Waals surface area contributed by atoms with Gasteiger partial charge in [0.2, 0.25) is 5.91 Å². The van der Waals surface area contributed by atoms with Crippen LogP contribution in [0.2, 0.25) is 0 Å². The third-order valence-electron chi connectivity index (χ3n) is 2.34. The molecule has 92 valence electrons. The molecule has 0 bridgehead atoms. The molecule has 0 heterocycles. The van der Waals surface area contributed by atoms with Gasteiger partial charge < -0.3 is 0 Å². The minimum atomic E-state index is -0.497. The molecule has 1 rings (SSSR count). The van der Waals surface area contributed by atoms with Gasteiger partial charge in [0, 0.05) is 12.2 Å². The molecular formula is C12H15ClN2O2. The molecule has 0 aliphatic heterocycles. The summed E-state index contributed by atoms with van der Waals surface area (Å²) in [6.45, 7) is 4.23. The Kier molecular flexibility index (Phi) is 4.97. The lowest BCUT2D eigenvalue weighted by Crippen LogP contribution is -2.43. The van der Waals surface area contributed by atoms with Gasteiger partial charge >= 0.3 is 6.03 Å². The summed E-state index contributed by atoms with van der Waals surface area (Å²) in [4.78, 5) is 24.4. The number of nitrogens with zero attached hydrogens (tertiary/aromatic N) is 1. The normalized spacial score (nSPS) is 9.82. The summed E-state index contributed by atoms with van der Waals surface area (Å²) in [6, 6.07) is 7.04. The van der Waals surface area contributed by atoms with E-state index in [4.69, 9.17) is 11.6 Å². The molecule has 0 radical (unpaired) electrons. The second-order valence-electron chi connectivity index (χ2n) is 3.52. The Morgan fingerprint density at radius 2 is 2.00 bits per heavy atom. The number of halogens is 1. The van der Waals surface area contributed by atoms with Crippen LogP contribution in [0.25, 0.3) is 0 Å². The van der Waals surface area contributed by atoms with E-state index in [0.29, 0.717) is 6.54 Å². The van der Waals surface area contributed by atoms with Crippen LogP contribution < -0.4 is 10.2 Å². The van der Waals surface area contributed by atoms with E-state index in [-0.39, 0.29) is 5.88 Å². The predicted octanol–water partition coefficient (Wildman–Crippen LogP) is 2.30. The second kappa shape index (κ2) is 6.25. The summed E-state index contributed by atoms with van der Waals surface area (Å²) in [5.41, 5.74) is 1.76. The van der Waals surface area contributed by atoms with Crippen LogP contribution in [0.4, 0.5) is 10.5 Å². The van der Waals surface area contributed by atoms with E-state index in [1.165, 1.54) is 4.90 Å². The molecule has 0 unspecified atom stereocenters. The maximum Gasteiger partial charge on any atom is 0.328 e. The molecule has 0 spiro atoms. The number of aryl methyl sites for hydroxylation is 1. The zero-order chi connectivity index (χ0) is 12.8. The van der Waals surface area contributed by atoms with Gasteiger partial charge in [0.25, 0.3) is 0 Å². The summed E-state index contributed by atoms with van der Waals surface area (Å²) < 4.78 is 0. The Hall–Kier alpha value is -1.55. The van der Waals surface area contributed by atoms with Crippen molar-refractivity contribution in [2.45, 2.75) is 13.8 Å². The highest BCUT2D eigenvalue weighted by Gasteiger charge is 2.17. The third-order valence-corrected chi connectivity index (χ3v) is 2.58. The molecule has 17 heavy (non-hydrogen) atoms. The fourth-order valence-corrected chi connectivity index (χ4v) is 1.58. The number of carbonyl (C=O) groups is 2. The topological polar surface area (TPSA) is 49.4 Å². The predicted molar refractivity (Wildman–Crippen MR) is 68.5 cm³/mol. The van der Waals surface area contributed by atoms with Gasteiger partial charge in [-0.1, -0.05) is 18.2 Å².